The van der Waals surface area contributed by atoms with Crippen LogP contribution in [-0.2, 0) is 7.05 Å². The predicted octanol–water partition coefficient (Wildman–Crippen LogP) is 4.20. The topological polar surface area (TPSA) is 16.8 Å². The van der Waals surface area contributed by atoms with Crippen LogP contribution in [0, 0.1) is 0 Å². The predicted molar refractivity (Wildman–Crippen MR) is 78.9 cm³/mol. The molecule has 18 heavy (non-hydrogen) atoms. The fraction of sp³-hybridized carbons (Fsp3) is 0.0769. The first kappa shape index (κ1) is 12.1. The average molecular weight is 341 g/mol. The molecule has 0 aliphatic heterocycles. The van der Waals surface area contributed by atoms with E-state index in [1.165, 1.54) is 0 Å². The van der Waals surface area contributed by atoms with Gasteiger partial charge in [0.1, 0.15) is 12.1 Å². The van der Waals surface area contributed by atoms with Gasteiger partial charge in [0, 0.05) is 5.02 Å². The van der Waals surface area contributed by atoms with Crippen LogP contribution in [0.4, 0.5) is 0 Å². The normalized spacial score (nSPS) is 11.1. The minimum absolute atomic E-state index is 0.748. The summed E-state index contributed by atoms with van der Waals surface area (Å²) in [5.41, 5.74) is 2.09. The number of rotatable bonds is 1. The molecule has 0 atom stereocenters. The van der Waals surface area contributed by atoms with Gasteiger partial charge < -0.3 is 0 Å². The Labute approximate surface area is 122 Å². The Kier molecular flexibility index (Phi) is 3.09. The summed E-state index contributed by atoms with van der Waals surface area (Å²) in [6, 6.07) is 7.85. The SMILES string of the molecule is C[n+]1cc(Br)cc(-c2nc3ccc(Cl)cc3s2)c1. The van der Waals surface area contributed by atoms with Gasteiger partial charge in [-0.15, -0.1) is 11.3 Å². The van der Waals surface area contributed by atoms with Gasteiger partial charge in [-0.1, -0.05) is 11.6 Å². The van der Waals surface area contributed by atoms with Crippen LogP contribution in [0.3, 0.4) is 0 Å². The van der Waals surface area contributed by atoms with E-state index in [-0.39, 0.29) is 0 Å². The fourth-order valence-corrected chi connectivity index (χ4v) is 3.61. The van der Waals surface area contributed by atoms with Crippen molar-refractivity contribution < 1.29 is 4.57 Å². The van der Waals surface area contributed by atoms with Gasteiger partial charge in [0.25, 0.3) is 0 Å². The highest BCUT2D eigenvalue weighted by Gasteiger charge is 2.10. The Morgan fingerprint density at radius 3 is 2.89 bits per heavy atom. The molecule has 2 aromatic heterocycles. The lowest BCUT2D eigenvalue weighted by atomic mass is 10.3. The highest BCUT2D eigenvalue weighted by molar-refractivity contribution is 9.10. The Balaban J connectivity index is 2.19. The number of aromatic nitrogens is 2. The highest BCUT2D eigenvalue weighted by atomic mass is 79.9. The minimum atomic E-state index is 0.748. The molecule has 0 radical (unpaired) electrons. The summed E-state index contributed by atoms with van der Waals surface area (Å²) in [4.78, 5) is 4.63. The molecule has 0 bridgehead atoms. The third-order valence-electron chi connectivity index (χ3n) is 2.56. The van der Waals surface area contributed by atoms with Crippen molar-refractivity contribution >= 4 is 49.1 Å². The van der Waals surface area contributed by atoms with E-state index >= 15 is 0 Å². The lowest BCUT2D eigenvalue weighted by molar-refractivity contribution is -0.671. The van der Waals surface area contributed by atoms with Crippen LogP contribution in [0.25, 0.3) is 20.8 Å². The van der Waals surface area contributed by atoms with Crippen molar-refractivity contribution in [2.45, 2.75) is 0 Å². The number of halogens is 2. The zero-order valence-electron chi connectivity index (χ0n) is 9.52. The van der Waals surface area contributed by atoms with Crippen molar-refractivity contribution in [1.82, 2.24) is 4.98 Å². The largest absolute Gasteiger partial charge is 0.236 e. The number of fused-ring (bicyclic) bond motifs is 1. The summed E-state index contributed by atoms with van der Waals surface area (Å²) in [6.07, 6.45) is 4.07. The summed E-state index contributed by atoms with van der Waals surface area (Å²) < 4.78 is 4.17. The van der Waals surface area contributed by atoms with Crippen LogP contribution < -0.4 is 4.57 Å². The zero-order valence-corrected chi connectivity index (χ0v) is 12.7. The van der Waals surface area contributed by atoms with E-state index in [9.17, 15) is 0 Å². The van der Waals surface area contributed by atoms with Gasteiger partial charge in [-0.05, 0) is 40.2 Å². The van der Waals surface area contributed by atoms with E-state index in [4.69, 9.17) is 11.6 Å². The molecule has 5 heteroatoms. The second-order valence-corrected chi connectivity index (χ2v) is 6.42. The summed E-state index contributed by atoms with van der Waals surface area (Å²) in [5.74, 6) is 0. The van der Waals surface area contributed by atoms with Crippen LogP contribution >= 0.6 is 38.9 Å². The molecule has 0 saturated heterocycles. The number of thiazole rings is 1. The van der Waals surface area contributed by atoms with Crippen molar-refractivity contribution in [3.05, 3.63) is 46.2 Å². The first-order valence-corrected chi connectivity index (χ1v) is 7.33. The molecule has 0 aliphatic rings. The minimum Gasteiger partial charge on any atom is -0.236 e. The van der Waals surface area contributed by atoms with Gasteiger partial charge in [-0.25, -0.2) is 9.55 Å². The molecule has 0 aliphatic carbocycles. The fourth-order valence-electron chi connectivity index (χ4n) is 1.81. The molecule has 0 N–H and O–H groups in total. The van der Waals surface area contributed by atoms with Crippen molar-refractivity contribution in [3.63, 3.8) is 0 Å². The van der Waals surface area contributed by atoms with Gasteiger partial charge >= 0.3 is 0 Å². The first-order valence-electron chi connectivity index (χ1n) is 5.34. The molecule has 0 spiro atoms. The number of aryl methyl sites for hydroxylation is 1. The molecule has 2 nitrogen and oxygen atoms in total. The van der Waals surface area contributed by atoms with E-state index < -0.39 is 0 Å². The number of hydrogen-bond acceptors (Lipinski definition) is 2. The molecule has 0 unspecified atom stereocenters. The molecule has 0 amide bonds. The van der Waals surface area contributed by atoms with Crippen LogP contribution in [0.2, 0.25) is 5.02 Å². The summed E-state index contributed by atoms with van der Waals surface area (Å²) in [5, 5.41) is 1.75. The Morgan fingerprint density at radius 1 is 1.28 bits per heavy atom. The second-order valence-electron chi connectivity index (χ2n) is 4.04. The Bertz CT molecular complexity index is 719. The molecule has 2 heterocycles. The molecule has 3 aromatic rings. The Morgan fingerprint density at radius 2 is 2.11 bits per heavy atom. The van der Waals surface area contributed by atoms with Crippen molar-refractivity contribution in [1.29, 1.82) is 0 Å². The maximum absolute atomic E-state index is 5.99. The summed E-state index contributed by atoms with van der Waals surface area (Å²) in [7, 11) is 2.00. The molecular formula is C13H9BrClN2S+. The lowest BCUT2D eigenvalue weighted by Gasteiger charge is -1.95. The van der Waals surface area contributed by atoms with Gasteiger partial charge in [-0.3, -0.25) is 0 Å². The molecule has 0 fully saturated rings. The van der Waals surface area contributed by atoms with Gasteiger partial charge in [0.15, 0.2) is 12.4 Å². The van der Waals surface area contributed by atoms with E-state index in [2.05, 4.69) is 33.2 Å². The number of hydrogen-bond donors (Lipinski definition) is 0. The molecule has 3 rings (SSSR count). The van der Waals surface area contributed by atoms with Crippen molar-refractivity contribution in [3.8, 4) is 10.6 Å². The third-order valence-corrected chi connectivity index (χ3v) is 4.30. The Hall–Kier alpha value is -0.970. The van der Waals surface area contributed by atoms with Crippen LogP contribution in [0.15, 0.2) is 41.1 Å². The highest BCUT2D eigenvalue weighted by Crippen LogP contribution is 2.31. The standard InChI is InChI=1S/C13H9BrClN2S/c1-17-6-8(4-9(14)7-17)13-16-11-3-2-10(15)5-12(11)18-13/h2-7H,1H3/q+1. The number of nitrogens with zero attached hydrogens (tertiary/aromatic N) is 2. The molecule has 1 aromatic carbocycles. The summed E-state index contributed by atoms with van der Waals surface area (Å²) >= 11 is 11.1. The third kappa shape index (κ3) is 2.28. The first-order chi connectivity index (χ1) is 8.61. The lowest BCUT2D eigenvalue weighted by Crippen LogP contribution is -2.26. The van der Waals surface area contributed by atoms with Crippen molar-refractivity contribution in [2.75, 3.05) is 0 Å². The van der Waals surface area contributed by atoms with Gasteiger partial charge in [-0.2, -0.15) is 0 Å². The van der Waals surface area contributed by atoms with Crippen LogP contribution in [0.1, 0.15) is 0 Å². The number of benzene rings is 1. The quantitative estimate of drug-likeness (QED) is 0.607. The summed E-state index contributed by atoms with van der Waals surface area (Å²) in [6.45, 7) is 0. The van der Waals surface area contributed by atoms with E-state index in [1.54, 1.807) is 11.3 Å². The van der Waals surface area contributed by atoms with Crippen LogP contribution in [-0.4, -0.2) is 4.98 Å². The van der Waals surface area contributed by atoms with Crippen LogP contribution in [0.5, 0.6) is 0 Å². The smallest absolute Gasteiger partial charge is 0.182 e. The maximum Gasteiger partial charge on any atom is 0.182 e. The monoisotopic (exact) mass is 339 g/mol. The van der Waals surface area contributed by atoms with Gasteiger partial charge in [0.05, 0.1) is 20.3 Å². The maximum atomic E-state index is 5.99. The molecule has 90 valence electrons. The van der Waals surface area contributed by atoms with Crippen molar-refractivity contribution in [2.24, 2.45) is 7.05 Å². The van der Waals surface area contributed by atoms with E-state index in [0.717, 1.165) is 30.3 Å². The molecular weight excluding hydrogens is 332 g/mol. The zero-order chi connectivity index (χ0) is 12.7. The number of pyridine rings is 1. The van der Waals surface area contributed by atoms with E-state index in [1.807, 2.05) is 36.0 Å². The second kappa shape index (κ2) is 4.61. The average Bonchev–Trinajstić information content (AvgIpc) is 2.70. The van der Waals surface area contributed by atoms with Gasteiger partial charge in [0.2, 0.25) is 0 Å². The van der Waals surface area contributed by atoms with E-state index in [0.29, 0.717) is 0 Å². The molecule has 0 saturated carbocycles.